The molecule has 0 aromatic carbocycles. The molecule has 0 saturated heterocycles. The molecule has 2 rings (SSSR count). The van der Waals surface area contributed by atoms with Crippen molar-refractivity contribution in [1.82, 2.24) is 12.9 Å². The molecular weight excluding hydrogens is 344 g/mol. The van der Waals surface area contributed by atoms with Crippen molar-refractivity contribution >= 4 is 0 Å². The molecule has 25 heavy (non-hydrogen) atoms. The monoisotopic (exact) mass is 380 g/mol. The summed E-state index contributed by atoms with van der Waals surface area (Å²) in [5.41, 5.74) is 11.3. The van der Waals surface area contributed by atoms with Crippen molar-refractivity contribution in [3.63, 3.8) is 0 Å². The number of nitrogens with zero attached hydrogens (tertiary/aromatic N) is 4. The van der Waals surface area contributed by atoms with Crippen molar-refractivity contribution in [2.75, 3.05) is 28.2 Å². The number of rotatable bonds is 4. The summed E-state index contributed by atoms with van der Waals surface area (Å²) in [7, 11) is 9.03. The molecule has 0 aliphatic heterocycles. The van der Waals surface area contributed by atoms with Crippen molar-refractivity contribution in [2.24, 2.45) is 0 Å². The standard InChI is InChI=1S/2C8H12N.2C2H6N.Ti/c2*1-5-6(2)8(4)9-7(5)3;2*1-3-2;/h2*1-4H3;2*1-2H3;/q4*-1;+4. The van der Waals surface area contributed by atoms with Gasteiger partial charge in [-0.3, -0.25) is 0 Å². The van der Waals surface area contributed by atoms with E-state index in [-0.39, 0.29) is 0 Å². The van der Waals surface area contributed by atoms with Crippen molar-refractivity contribution in [1.29, 1.82) is 0 Å². The summed E-state index contributed by atoms with van der Waals surface area (Å²) < 4.78 is 10.4. The third kappa shape index (κ3) is 2.61. The fraction of sp³-hybridized carbons (Fsp3) is 0.600. The third-order valence-electron chi connectivity index (χ3n) is 6.44. The Kier molecular flexibility index (Phi) is 5.52. The van der Waals surface area contributed by atoms with Crippen molar-refractivity contribution in [3.05, 3.63) is 45.0 Å². The maximum absolute atomic E-state index is 3.09. The molecule has 5 heteroatoms. The summed E-state index contributed by atoms with van der Waals surface area (Å²) in [4.78, 5) is 0. The van der Waals surface area contributed by atoms with Gasteiger partial charge in [-0.1, -0.05) is 0 Å². The maximum atomic E-state index is 2.68. The molecule has 0 aliphatic rings. The fourth-order valence-corrected chi connectivity index (χ4v) is 12.4. The van der Waals surface area contributed by atoms with Crippen molar-refractivity contribution in [2.45, 2.75) is 55.4 Å². The van der Waals surface area contributed by atoms with Crippen LogP contribution in [0, 0.1) is 55.4 Å². The molecule has 0 aliphatic carbocycles. The second-order valence-electron chi connectivity index (χ2n) is 7.90. The molecule has 2 aromatic rings. The van der Waals surface area contributed by atoms with E-state index in [1.54, 1.807) is 0 Å². The van der Waals surface area contributed by atoms with E-state index >= 15 is 0 Å². The summed E-state index contributed by atoms with van der Waals surface area (Å²) >= 11 is -3.09. The van der Waals surface area contributed by atoms with Crippen LogP contribution in [0.1, 0.15) is 45.0 Å². The van der Waals surface area contributed by atoms with Gasteiger partial charge in [-0.2, -0.15) is 0 Å². The normalized spacial score (nSPS) is 12.7. The van der Waals surface area contributed by atoms with E-state index in [0.717, 1.165) is 0 Å². The van der Waals surface area contributed by atoms with E-state index in [0.29, 0.717) is 0 Å². The summed E-state index contributed by atoms with van der Waals surface area (Å²) in [5, 5.41) is 0. The van der Waals surface area contributed by atoms with Crippen LogP contribution in [0.5, 0.6) is 0 Å². The molecule has 0 fully saturated rings. The minimum atomic E-state index is -3.09. The van der Waals surface area contributed by atoms with E-state index in [1.807, 2.05) is 0 Å². The number of hydrogen-bond acceptors (Lipinski definition) is 2. The van der Waals surface area contributed by atoms with Crippen LogP contribution in [0.2, 0.25) is 0 Å². The molecule has 4 nitrogen and oxygen atoms in total. The molecule has 0 unspecified atom stereocenters. The molecule has 0 amide bonds. The van der Waals surface area contributed by atoms with E-state index < -0.39 is 17.6 Å². The Bertz CT molecular complexity index is 690. The molecular formula is C20H36N4Ti. The Hall–Kier alpha value is -0.806. The van der Waals surface area contributed by atoms with Gasteiger partial charge < -0.3 is 0 Å². The average Bonchev–Trinajstić information content (AvgIpc) is 2.84. The molecule has 0 spiro atoms. The van der Waals surface area contributed by atoms with Crippen molar-refractivity contribution in [3.8, 4) is 0 Å². The summed E-state index contributed by atoms with van der Waals surface area (Å²) in [6.07, 6.45) is 0. The fourth-order valence-electron chi connectivity index (χ4n) is 4.46. The van der Waals surface area contributed by atoms with Gasteiger partial charge in [-0.05, 0) is 0 Å². The van der Waals surface area contributed by atoms with Gasteiger partial charge in [0.15, 0.2) is 0 Å². The second kappa shape index (κ2) is 6.73. The molecule has 0 N–H and O–H groups in total. The first-order chi connectivity index (χ1) is 11.4. The first-order valence-corrected chi connectivity index (χ1v) is 11.9. The zero-order valence-electron chi connectivity index (χ0n) is 18.3. The minimum absolute atomic E-state index is 1.40. The van der Waals surface area contributed by atoms with Gasteiger partial charge in [0, 0.05) is 0 Å². The van der Waals surface area contributed by atoms with E-state index in [1.165, 1.54) is 45.0 Å². The first-order valence-electron chi connectivity index (χ1n) is 9.08. The van der Waals surface area contributed by atoms with Gasteiger partial charge >= 0.3 is 159 Å². The molecule has 2 heterocycles. The summed E-state index contributed by atoms with van der Waals surface area (Å²) in [6.45, 7) is 18.2. The Morgan fingerprint density at radius 2 is 0.680 bits per heavy atom. The van der Waals surface area contributed by atoms with Crippen LogP contribution in [0.3, 0.4) is 0 Å². The van der Waals surface area contributed by atoms with Crippen LogP contribution in [0.4, 0.5) is 0 Å². The number of aromatic nitrogens is 2. The van der Waals surface area contributed by atoms with Crippen LogP contribution < -0.4 is 0 Å². The molecule has 0 atom stereocenters. The van der Waals surface area contributed by atoms with Gasteiger partial charge in [0.25, 0.3) is 0 Å². The van der Waals surface area contributed by atoms with Crippen LogP contribution in [-0.2, 0) is 17.6 Å². The van der Waals surface area contributed by atoms with E-state index in [2.05, 4.69) is 96.4 Å². The second-order valence-corrected chi connectivity index (χ2v) is 14.0. The van der Waals surface area contributed by atoms with E-state index in [9.17, 15) is 0 Å². The van der Waals surface area contributed by atoms with Gasteiger partial charge in [0.1, 0.15) is 0 Å². The quantitative estimate of drug-likeness (QED) is 0.743. The molecule has 0 radical (unpaired) electrons. The van der Waals surface area contributed by atoms with Crippen LogP contribution in [0.15, 0.2) is 0 Å². The molecule has 0 saturated carbocycles. The first kappa shape index (κ1) is 20.5. The van der Waals surface area contributed by atoms with Gasteiger partial charge in [-0.25, -0.2) is 0 Å². The van der Waals surface area contributed by atoms with Crippen LogP contribution in [0.25, 0.3) is 0 Å². The summed E-state index contributed by atoms with van der Waals surface area (Å²) in [6, 6.07) is 0. The van der Waals surface area contributed by atoms with Gasteiger partial charge in [0.2, 0.25) is 0 Å². The SMILES string of the molecule is Cc1c(C)c(C)[n]([Ti]([N](C)C)([N](C)C)[n]2c(C)c(C)c(C)c2C)c1C. The zero-order chi connectivity index (χ0) is 19.4. The van der Waals surface area contributed by atoms with Gasteiger partial charge in [0.05, 0.1) is 0 Å². The Labute approximate surface area is 159 Å². The third-order valence-corrected chi connectivity index (χ3v) is 14.2. The average molecular weight is 380 g/mol. The number of hydrogen-bond donors (Lipinski definition) is 0. The van der Waals surface area contributed by atoms with E-state index in [4.69, 9.17) is 0 Å². The Morgan fingerprint density at radius 1 is 0.480 bits per heavy atom. The van der Waals surface area contributed by atoms with Crippen LogP contribution in [-0.4, -0.2) is 41.1 Å². The predicted molar refractivity (Wildman–Crippen MR) is 105 cm³/mol. The predicted octanol–water partition coefficient (Wildman–Crippen LogP) is 4.09. The zero-order valence-corrected chi connectivity index (χ0v) is 19.9. The summed E-state index contributed by atoms with van der Waals surface area (Å²) in [5.74, 6) is 0. The van der Waals surface area contributed by atoms with Crippen LogP contribution >= 0.6 is 0 Å². The van der Waals surface area contributed by atoms with Crippen molar-refractivity contribution < 1.29 is 17.6 Å². The molecule has 2 aromatic heterocycles. The Balaban J connectivity index is 3.08. The van der Waals surface area contributed by atoms with Gasteiger partial charge in [-0.15, -0.1) is 0 Å². The topological polar surface area (TPSA) is 16.3 Å². The molecule has 140 valence electrons. The Morgan fingerprint density at radius 3 is 0.840 bits per heavy atom. The molecule has 0 bridgehead atoms.